The van der Waals surface area contributed by atoms with Crippen LogP contribution in [0.15, 0.2) is 60.7 Å². The van der Waals surface area contributed by atoms with Crippen LogP contribution in [0.5, 0.6) is 0 Å². The topological polar surface area (TPSA) is 60.2 Å². The maximum Gasteiger partial charge on any atom is 0.272 e. The molecule has 1 saturated heterocycles. The molecule has 0 N–H and O–H groups in total. The summed E-state index contributed by atoms with van der Waals surface area (Å²) in [5, 5.41) is 9.96. The number of benzene rings is 2. The van der Waals surface area contributed by atoms with Crippen LogP contribution in [0.1, 0.15) is 28.0 Å². The number of hydrogen-bond donors (Lipinski definition) is 0. The molecule has 0 radical (unpaired) electrons. The van der Waals surface area contributed by atoms with Gasteiger partial charge in [0.2, 0.25) is 0 Å². The number of aromatic nitrogens is 1. The molecule has 2 heterocycles. The number of nitriles is 1. The number of hydrogen-bond acceptors (Lipinski definition) is 4. The molecule has 0 aliphatic carbocycles. The van der Waals surface area contributed by atoms with Gasteiger partial charge in [0, 0.05) is 38.1 Å². The van der Waals surface area contributed by atoms with Gasteiger partial charge in [0.1, 0.15) is 5.69 Å². The molecule has 1 aromatic heterocycles. The summed E-state index contributed by atoms with van der Waals surface area (Å²) in [6.45, 7) is 4.07. The Bertz CT molecular complexity index is 1020. The molecule has 0 bridgehead atoms. The van der Waals surface area contributed by atoms with Crippen molar-refractivity contribution in [1.29, 1.82) is 5.26 Å². The van der Waals surface area contributed by atoms with Crippen molar-refractivity contribution in [3.8, 4) is 6.07 Å². The fourth-order valence-corrected chi connectivity index (χ4v) is 3.62. The molecule has 140 valence electrons. The van der Waals surface area contributed by atoms with Gasteiger partial charge in [-0.25, -0.2) is 4.98 Å². The second kappa shape index (κ2) is 8.20. The van der Waals surface area contributed by atoms with Crippen molar-refractivity contribution >= 4 is 16.8 Å². The molecular formula is C23H22N4O. The van der Waals surface area contributed by atoms with E-state index in [4.69, 9.17) is 5.26 Å². The van der Waals surface area contributed by atoms with Crippen molar-refractivity contribution in [3.05, 3.63) is 77.5 Å². The summed E-state index contributed by atoms with van der Waals surface area (Å²) in [5.74, 6) is 0.00553. The fraction of sp³-hybridized carbons (Fsp3) is 0.261. The van der Waals surface area contributed by atoms with Crippen molar-refractivity contribution in [3.63, 3.8) is 0 Å². The van der Waals surface area contributed by atoms with Gasteiger partial charge in [-0.05, 0) is 36.2 Å². The zero-order chi connectivity index (χ0) is 19.3. The summed E-state index contributed by atoms with van der Waals surface area (Å²) in [7, 11) is 0. The van der Waals surface area contributed by atoms with E-state index in [9.17, 15) is 4.79 Å². The third-order valence-electron chi connectivity index (χ3n) is 5.18. The lowest BCUT2D eigenvalue weighted by atomic mass is 10.1. The largest absolute Gasteiger partial charge is 0.336 e. The summed E-state index contributed by atoms with van der Waals surface area (Å²) in [6.07, 6.45) is 0.940. The molecule has 4 rings (SSSR count). The molecule has 5 heteroatoms. The van der Waals surface area contributed by atoms with Crippen LogP contribution in [0.25, 0.3) is 10.9 Å². The van der Waals surface area contributed by atoms with Crippen molar-refractivity contribution < 1.29 is 4.79 Å². The smallest absolute Gasteiger partial charge is 0.272 e. The minimum Gasteiger partial charge on any atom is -0.336 e. The first-order chi connectivity index (χ1) is 13.7. The van der Waals surface area contributed by atoms with Gasteiger partial charge >= 0.3 is 0 Å². The third kappa shape index (κ3) is 4.03. The number of rotatable bonds is 3. The molecule has 0 saturated carbocycles. The van der Waals surface area contributed by atoms with Gasteiger partial charge in [-0.15, -0.1) is 0 Å². The van der Waals surface area contributed by atoms with Gasteiger partial charge in [-0.3, -0.25) is 9.69 Å². The number of amides is 1. The monoisotopic (exact) mass is 370 g/mol. The first kappa shape index (κ1) is 18.1. The van der Waals surface area contributed by atoms with E-state index in [2.05, 4.69) is 16.0 Å². The lowest BCUT2D eigenvalue weighted by Crippen LogP contribution is -2.35. The van der Waals surface area contributed by atoms with E-state index in [0.29, 0.717) is 17.8 Å². The molecule has 1 fully saturated rings. The van der Waals surface area contributed by atoms with Crippen molar-refractivity contribution in [2.24, 2.45) is 0 Å². The SMILES string of the molecule is N#Cc1ccc(CN2CCCN(C(=O)c3ccc4ccccc4n3)CC2)cc1. The average molecular weight is 370 g/mol. The molecule has 0 atom stereocenters. The minimum absolute atomic E-state index is 0.00553. The zero-order valence-electron chi connectivity index (χ0n) is 15.7. The highest BCUT2D eigenvalue weighted by molar-refractivity contribution is 5.94. The van der Waals surface area contributed by atoms with Gasteiger partial charge in [-0.1, -0.05) is 36.4 Å². The predicted molar refractivity (Wildman–Crippen MR) is 109 cm³/mol. The summed E-state index contributed by atoms with van der Waals surface area (Å²) in [5.41, 5.74) is 3.24. The van der Waals surface area contributed by atoms with Crippen molar-refractivity contribution in [1.82, 2.24) is 14.8 Å². The number of carbonyl (C=O) groups is 1. The van der Waals surface area contributed by atoms with Crippen molar-refractivity contribution in [2.75, 3.05) is 26.2 Å². The molecule has 3 aromatic rings. The number of carbonyl (C=O) groups excluding carboxylic acids is 1. The van der Waals surface area contributed by atoms with E-state index in [-0.39, 0.29) is 5.91 Å². The number of para-hydroxylation sites is 1. The highest BCUT2D eigenvalue weighted by Gasteiger charge is 2.21. The fourth-order valence-electron chi connectivity index (χ4n) is 3.62. The molecule has 1 aliphatic rings. The van der Waals surface area contributed by atoms with Crippen LogP contribution in [0, 0.1) is 11.3 Å². The minimum atomic E-state index is 0.00553. The van der Waals surface area contributed by atoms with E-state index in [1.807, 2.05) is 65.6 Å². The maximum absolute atomic E-state index is 12.9. The van der Waals surface area contributed by atoms with Gasteiger partial charge < -0.3 is 4.90 Å². The summed E-state index contributed by atoms with van der Waals surface area (Å²) >= 11 is 0. The lowest BCUT2D eigenvalue weighted by Gasteiger charge is -2.22. The standard InChI is InChI=1S/C23H22N4O/c24-16-18-6-8-19(9-7-18)17-26-12-3-13-27(15-14-26)23(28)22-11-10-20-4-1-2-5-21(20)25-22/h1-2,4-11H,3,12-15,17H2. The molecule has 1 amide bonds. The quantitative estimate of drug-likeness (QED) is 0.708. The van der Waals surface area contributed by atoms with E-state index >= 15 is 0 Å². The molecule has 0 unspecified atom stereocenters. The van der Waals surface area contributed by atoms with Gasteiger partial charge in [0.05, 0.1) is 17.1 Å². The molecule has 1 aliphatic heterocycles. The summed E-state index contributed by atoms with van der Waals surface area (Å²) in [4.78, 5) is 21.8. The molecular weight excluding hydrogens is 348 g/mol. The Morgan fingerprint density at radius 1 is 0.964 bits per heavy atom. The van der Waals surface area contributed by atoms with Gasteiger partial charge in [0.15, 0.2) is 0 Å². The Morgan fingerprint density at radius 3 is 2.61 bits per heavy atom. The summed E-state index contributed by atoms with van der Waals surface area (Å²) in [6, 6.07) is 21.5. The van der Waals surface area contributed by atoms with Crippen LogP contribution >= 0.6 is 0 Å². The third-order valence-corrected chi connectivity index (χ3v) is 5.18. The zero-order valence-corrected chi connectivity index (χ0v) is 15.7. The van der Waals surface area contributed by atoms with Crippen LogP contribution in [0.3, 0.4) is 0 Å². The molecule has 28 heavy (non-hydrogen) atoms. The second-order valence-electron chi connectivity index (χ2n) is 7.12. The Kier molecular flexibility index (Phi) is 5.31. The second-order valence-corrected chi connectivity index (χ2v) is 7.12. The number of fused-ring (bicyclic) bond motifs is 1. The Balaban J connectivity index is 1.41. The number of pyridine rings is 1. The Labute approximate surface area is 164 Å². The normalized spacial score (nSPS) is 15.2. The predicted octanol–water partition coefficient (Wildman–Crippen LogP) is 3.45. The van der Waals surface area contributed by atoms with E-state index in [1.54, 1.807) is 0 Å². The van der Waals surface area contributed by atoms with Crippen LogP contribution in [-0.2, 0) is 6.54 Å². The van der Waals surface area contributed by atoms with Crippen LogP contribution in [-0.4, -0.2) is 46.9 Å². The summed E-state index contributed by atoms with van der Waals surface area (Å²) < 4.78 is 0. The highest BCUT2D eigenvalue weighted by Crippen LogP contribution is 2.15. The van der Waals surface area contributed by atoms with E-state index in [1.165, 1.54) is 5.56 Å². The van der Waals surface area contributed by atoms with Crippen molar-refractivity contribution in [2.45, 2.75) is 13.0 Å². The van der Waals surface area contributed by atoms with E-state index < -0.39 is 0 Å². The number of nitrogens with zero attached hydrogens (tertiary/aromatic N) is 4. The van der Waals surface area contributed by atoms with Crippen LogP contribution in [0.4, 0.5) is 0 Å². The first-order valence-electron chi connectivity index (χ1n) is 9.59. The van der Waals surface area contributed by atoms with Crippen LogP contribution < -0.4 is 0 Å². The van der Waals surface area contributed by atoms with Gasteiger partial charge in [-0.2, -0.15) is 5.26 Å². The Morgan fingerprint density at radius 2 is 1.79 bits per heavy atom. The molecule has 2 aromatic carbocycles. The lowest BCUT2D eigenvalue weighted by molar-refractivity contribution is 0.0755. The highest BCUT2D eigenvalue weighted by atomic mass is 16.2. The Hall–Kier alpha value is -3.23. The van der Waals surface area contributed by atoms with E-state index in [0.717, 1.165) is 43.5 Å². The first-order valence-corrected chi connectivity index (χ1v) is 9.59. The maximum atomic E-state index is 12.9. The van der Waals surface area contributed by atoms with Gasteiger partial charge in [0.25, 0.3) is 5.91 Å². The van der Waals surface area contributed by atoms with Crippen LogP contribution in [0.2, 0.25) is 0 Å². The molecule has 5 nitrogen and oxygen atoms in total. The average Bonchev–Trinajstić information content (AvgIpc) is 2.99. The molecule has 0 spiro atoms.